The molecule has 0 atom stereocenters. The average molecular weight is 401 g/mol. The molecule has 0 radical (unpaired) electrons. The minimum absolute atomic E-state index is 0.0554. The summed E-state index contributed by atoms with van der Waals surface area (Å²) in [5.74, 6) is -0.228. The minimum Gasteiger partial charge on any atom is -0.352 e. The Labute approximate surface area is 172 Å². The van der Waals surface area contributed by atoms with E-state index in [9.17, 15) is 9.59 Å². The summed E-state index contributed by atoms with van der Waals surface area (Å²) in [4.78, 5) is 28.3. The fourth-order valence-corrected chi connectivity index (χ4v) is 3.79. The number of anilines is 1. The summed E-state index contributed by atoms with van der Waals surface area (Å²) in [7, 11) is 0. The van der Waals surface area contributed by atoms with E-state index < -0.39 is 0 Å². The average Bonchev–Trinajstić information content (AvgIpc) is 3.20. The minimum atomic E-state index is -0.173. The second-order valence-electron chi connectivity index (χ2n) is 6.63. The number of hydrogen-bond donors (Lipinski definition) is 2. The molecule has 0 spiro atoms. The van der Waals surface area contributed by atoms with Crippen molar-refractivity contribution in [3.63, 3.8) is 0 Å². The van der Waals surface area contributed by atoms with Crippen molar-refractivity contribution in [3.8, 4) is 11.3 Å². The highest BCUT2D eigenvalue weighted by Gasteiger charge is 2.12. The third kappa shape index (κ3) is 4.33. The molecule has 1 aromatic heterocycles. The standard InChI is InChI=1S/C23H19N3O2S/c1-15(27)24-13-16-9-11-18(12-10-16)21-14-29-23(25-21)26-22(28)20-8-4-6-17-5-2-3-7-19(17)20/h2-12,14H,13H2,1H3,(H,24,27)(H,25,26,28). The first kappa shape index (κ1) is 18.8. The van der Waals surface area contributed by atoms with Gasteiger partial charge in [-0.15, -0.1) is 11.3 Å². The van der Waals surface area contributed by atoms with Crippen LogP contribution in [0.25, 0.3) is 22.0 Å². The van der Waals surface area contributed by atoms with E-state index in [1.807, 2.05) is 72.1 Å². The molecule has 2 amide bonds. The number of fused-ring (bicyclic) bond motifs is 1. The zero-order chi connectivity index (χ0) is 20.2. The summed E-state index contributed by atoms with van der Waals surface area (Å²) in [6, 6.07) is 21.3. The van der Waals surface area contributed by atoms with Crippen LogP contribution in [0.2, 0.25) is 0 Å². The number of rotatable bonds is 5. The van der Waals surface area contributed by atoms with E-state index in [0.29, 0.717) is 17.2 Å². The normalized spacial score (nSPS) is 10.7. The van der Waals surface area contributed by atoms with Gasteiger partial charge in [-0.3, -0.25) is 14.9 Å². The number of nitrogens with zero attached hydrogens (tertiary/aromatic N) is 1. The van der Waals surface area contributed by atoms with Gasteiger partial charge in [-0.25, -0.2) is 4.98 Å². The molecule has 6 heteroatoms. The molecule has 4 rings (SSSR count). The first-order valence-electron chi connectivity index (χ1n) is 9.18. The largest absolute Gasteiger partial charge is 0.352 e. The van der Waals surface area contributed by atoms with Crippen molar-refractivity contribution >= 4 is 39.1 Å². The molecule has 5 nitrogen and oxygen atoms in total. The van der Waals surface area contributed by atoms with Gasteiger partial charge in [-0.1, -0.05) is 60.7 Å². The van der Waals surface area contributed by atoms with E-state index in [2.05, 4.69) is 15.6 Å². The molecule has 0 saturated carbocycles. The second kappa shape index (κ2) is 8.24. The van der Waals surface area contributed by atoms with Gasteiger partial charge in [0.2, 0.25) is 5.91 Å². The maximum absolute atomic E-state index is 12.8. The van der Waals surface area contributed by atoms with Gasteiger partial charge in [-0.2, -0.15) is 0 Å². The zero-order valence-electron chi connectivity index (χ0n) is 15.8. The van der Waals surface area contributed by atoms with Gasteiger partial charge < -0.3 is 5.32 Å². The van der Waals surface area contributed by atoms with Gasteiger partial charge in [0.1, 0.15) is 0 Å². The molecule has 144 valence electrons. The molecule has 1 heterocycles. The zero-order valence-corrected chi connectivity index (χ0v) is 16.6. The summed E-state index contributed by atoms with van der Waals surface area (Å²) in [5, 5.41) is 10.1. The number of carbonyl (C=O) groups excluding carboxylic acids is 2. The highest BCUT2D eigenvalue weighted by Crippen LogP contribution is 2.26. The lowest BCUT2D eigenvalue weighted by Gasteiger charge is -2.06. The van der Waals surface area contributed by atoms with Gasteiger partial charge in [0.05, 0.1) is 5.69 Å². The van der Waals surface area contributed by atoms with E-state index >= 15 is 0 Å². The van der Waals surface area contributed by atoms with Crippen LogP contribution in [0, 0.1) is 0 Å². The van der Waals surface area contributed by atoms with Crippen LogP contribution in [-0.4, -0.2) is 16.8 Å². The summed E-state index contributed by atoms with van der Waals surface area (Å²) >= 11 is 1.39. The Kier molecular flexibility index (Phi) is 5.35. The summed E-state index contributed by atoms with van der Waals surface area (Å²) in [6.45, 7) is 2.00. The van der Waals surface area contributed by atoms with Gasteiger partial charge >= 0.3 is 0 Å². The molecule has 4 aromatic rings. The number of benzene rings is 3. The Hall–Kier alpha value is -3.51. The van der Waals surface area contributed by atoms with Crippen molar-refractivity contribution in [2.24, 2.45) is 0 Å². The Bertz CT molecular complexity index is 1180. The number of nitrogens with one attached hydrogen (secondary N) is 2. The van der Waals surface area contributed by atoms with Gasteiger partial charge in [0.25, 0.3) is 5.91 Å². The van der Waals surface area contributed by atoms with Gasteiger partial charge in [-0.05, 0) is 22.4 Å². The summed E-state index contributed by atoms with van der Waals surface area (Å²) in [5.41, 5.74) is 3.40. The van der Waals surface area contributed by atoms with Crippen LogP contribution in [0.4, 0.5) is 5.13 Å². The Morgan fingerprint density at radius 1 is 0.966 bits per heavy atom. The van der Waals surface area contributed by atoms with Crippen molar-refractivity contribution in [3.05, 3.63) is 83.2 Å². The molecule has 29 heavy (non-hydrogen) atoms. The van der Waals surface area contributed by atoms with Crippen molar-refractivity contribution in [2.75, 3.05) is 5.32 Å². The maximum Gasteiger partial charge on any atom is 0.258 e. The number of carbonyl (C=O) groups is 2. The Balaban J connectivity index is 1.49. The lowest BCUT2D eigenvalue weighted by atomic mass is 10.0. The van der Waals surface area contributed by atoms with Crippen molar-refractivity contribution < 1.29 is 9.59 Å². The van der Waals surface area contributed by atoms with Crippen LogP contribution in [0.15, 0.2) is 72.1 Å². The quantitative estimate of drug-likeness (QED) is 0.502. The lowest BCUT2D eigenvalue weighted by molar-refractivity contribution is -0.119. The second-order valence-corrected chi connectivity index (χ2v) is 7.48. The van der Waals surface area contributed by atoms with Crippen LogP contribution in [-0.2, 0) is 11.3 Å². The topological polar surface area (TPSA) is 71.1 Å². The number of hydrogen-bond acceptors (Lipinski definition) is 4. The van der Waals surface area contributed by atoms with Crippen LogP contribution in [0.1, 0.15) is 22.8 Å². The molecule has 0 fully saturated rings. The fraction of sp³-hybridized carbons (Fsp3) is 0.0870. The monoisotopic (exact) mass is 401 g/mol. The van der Waals surface area contributed by atoms with E-state index in [0.717, 1.165) is 27.6 Å². The smallest absolute Gasteiger partial charge is 0.258 e. The first-order valence-corrected chi connectivity index (χ1v) is 10.1. The van der Waals surface area contributed by atoms with Gasteiger partial charge in [0.15, 0.2) is 5.13 Å². The van der Waals surface area contributed by atoms with Crippen LogP contribution in [0.3, 0.4) is 0 Å². The Morgan fingerprint density at radius 3 is 2.52 bits per heavy atom. The van der Waals surface area contributed by atoms with Crippen LogP contribution in [0.5, 0.6) is 0 Å². The van der Waals surface area contributed by atoms with Crippen molar-refractivity contribution in [1.82, 2.24) is 10.3 Å². The maximum atomic E-state index is 12.8. The predicted molar refractivity (Wildman–Crippen MR) is 117 cm³/mol. The van der Waals surface area contributed by atoms with Crippen molar-refractivity contribution in [2.45, 2.75) is 13.5 Å². The van der Waals surface area contributed by atoms with E-state index in [1.165, 1.54) is 18.3 Å². The van der Waals surface area contributed by atoms with Crippen LogP contribution >= 0.6 is 11.3 Å². The molecule has 0 aliphatic rings. The third-order valence-electron chi connectivity index (χ3n) is 4.55. The molecule has 3 aromatic carbocycles. The van der Waals surface area contributed by atoms with Crippen LogP contribution < -0.4 is 10.6 Å². The summed E-state index contributed by atoms with van der Waals surface area (Å²) in [6.07, 6.45) is 0. The van der Waals surface area contributed by atoms with Gasteiger partial charge in [0, 0.05) is 30.0 Å². The molecular weight excluding hydrogens is 382 g/mol. The number of thiazole rings is 1. The molecular formula is C23H19N3O2S. The molecule has 0 aliphatic heterocycles. The third-order valence-corrected chi connectivity index (χ3v) is 5.31. The van der Waals surface area contributed by atoms with E-state index in [1.54, 1.807) is 0 Å². The van der Waals surface area contributed by atoms with E-state index in [-0.39, 0.29) is 11.8 Å². The SMILES string of the molecule is CC(=O)NCc1ccc(-c2csc(NC(=O)c3cccc4ccccc34)n2)cc1. The number of aromatic nitrogens is 1. The molecule has 0 unspecified atom stereocenters. The molecule has 2 N–H and O–H groups in total. The van der Waals surface area contributed by atoms with E-state index in [4.69, 9.17) is 0 Å². The molecule has 0 aliphatic carbocycles. The highest BCUT2D eigenvalue weighted by atomic mass is 32.1. The highest BCUT2D eigenvalue weighted by molar-refractivity contribution is 7.14. The lowest BCUT2D eigenvalue weighted by Crippen LogP contribution is -2.18. The molecule has 0 saturated heterocycles. The molecule has 0 bridgehead atoms. The van der Waals surface area contributed by atoms with Crippen molar-refractivity contribution in [1.29, 1.82) is 0 Å². The predicted octanol–water partition coefficient (Wildman–Crippen LogP) is 4.85. The Morgan fingerprint density at radius 2 is 1.72 bits per heavy atom. The summed E-state index contributed by atoms with van der Waals surface area (Å²) < 4.78 is 0. The first-order chi connectivity index (χ1) is 14.1. The fourth-order valence-electron chi connectivity index (χ4n) is 3.07. The number of amides is 2.